The molecule has 1 saturated heterocycles. The highest BCUT2D eigenvalue weighted by atomic mass is 35.5. The van der Waals surface area contributed by atoms with Crippen LogP contribution in [0.5, 0.6) is 0 Å². The van der Waals surface area contributed by atoms with E-state index in [-0.39, 0.29) is 5.28 Å². The summed E-state index contributed by atoms with van der Waals surface area (Å²) in [7, 11) is 4.18. The van der Waals surface area contributed by atoms with Crippen LogP contribution in [0.15, 0.2) is 0 Å². The van der Waals surface area contributed by atoms with Gasteiger partial charge in [-0.3, -0.25) is 0 Å². The van der Waals surface area contributed by atoms with Gasteiger partial charge in [-0.1, -0.05) is 0 Å². The minimum absolute atomic E-state index is 0.237. The Morgan fingerprint density at radius 3 is 2.63 bits per heavy atom. The molecule has 1 aliphatic heterocycles. The minimum Gasteiger partial charge on any atom is -0.354 e. The van der Waals surface area contributed by atoms with Crippen LogP contribution in [-0.4, -0.2) is 59.6 Å². The number of nitrogens with one attached hydrogen (secondary N) is 1. The van der Waals surface area contributed by atoms with Gasteiger partial charge in [0, 0.05) is 19.6 Å². The first-order valence-corrected chi connectivity index (χ1v) is 7.04. The second-order valence-corrected chi connectivity index (χ2v) is 5.24. The van der Waals surface area contributed by atoms with Gasteiger partial charge in [0.1, 0.15) is 0 Å². The Labute approximate surface area is 119 Å². The molecular formula is C12H21ClN6. The van der Waals surface area contributed by atoms with E-state index in [1.807, 2.05) is 14.0 Å². The van der Waals surface area contributed by atoms with Crippen molar-refractivity contribution in [2.45, 2.75) is 25.8 Å². The number of anilines is 2. The summed E-state index contributed by atoms with van der Waals surface area (Å²) in [6.07, 6.45) is 2.24. The maximum Gasteiger partial charge on any atom is 0.231 e. The second kappa shape index (κ2) is 6.34. The number of likely N-dealkylation sites (tertiary alicyclic amines) is 1. The fourth-order valence-corrected chi connectivity index (χ4v) is 2.44. The number of aromatic nitrogens is 3. The first-order valence-electron chi connectivity index (χ1n) is 6.67. The van der Waals surface area contributed by atoms with E-state index in [2.05, 4.69) is 37.1 Å². The molecule has 0 aliphatic carbocycles. The molecule has 1 aromatic heterocycles. The Bertz CT molecular complexity index is 419. The molecule has 7 heteroatoms. The van der Waals surface area contributed by atoms with Crippen LogP contribution in [0.1, 0.15) is 19.8 Å². The lowest BCUT2D eigenvalue weighted by Crippen LogP contribution is -2.42. The molecule has 2 rings (SSSR count). The maximum absolute atomic E-state index is 5.95. The molecule has 0 bridgehead atoms. The van der Waals surface area contributed by atoms with Crippen molar-refractivity contribution in [1.29, 1.82) is 0 Å². The van der Waals surface area contributed by atoms with Crippen LogP contribution >= 0.6 is 11.6 Å². The largest absolute Gasteiger partial charge is 0.354 e. The molecule has 0 atom stereocenters. The van der Waals surface area contributed by atoms with Crippen LogP contribution in [0.2, 0.25) is 5.28 Å². The summed E-state index contributed by atoms with van der Waals surface area (Å²) in [5, 5.41) is 3.31. The van der Waals surface area contributed by atoms with E-state index in [9.17, 15) is 0 Å². The van der Waals surface area contributed by atoms with Gasteiger partial charge in [0.15, 0.2) is 0 Å². The van der Waals surface area contributed by atoms with Crippen molar-refractivity contribution in [3.8, 4) is 0 Å². The van der Waals surface area contributed by atoms with Gasteiger partial charge in [-0.15, -0.1) is 0 Å². The number of nitrogens with zero attached hydrogens (tertiary/aromatic N) is 5. The van der Waals surface area contributed by atoms with Crippen LogP contribution in [0.3, 0.4) is 0 Å². The smallest absolute Gasteiger partial charge is 0.231 e. The van der Waals surface area contributed by atoms with Crippen molar-refractivity contribution in [3.63, 3.8) is 0 Å². The van der Waals surface area contributed by atoms with Gasteiger partial charge in [-0.25, -0.2) is 0 Å². The SMILES string of the molecule is CCNc1nc(Cl)nc(N(C)C2CCN(C)CC2)n1. The summed E-state index contributed by atoms with van der Waals surface area (Å²) in [6.45, 7) is 4.97. The minimum atomic E-state index is 0.237. The molecule has 6 nitrogen and oxygen atoms in total. The molecule has 19 heavy (non-hydrogen) atoms. The molecule has 1 aliphatic rings. The van der Waals surface area contributed by atoms with Gasteiger partial charge in [0.25, 0.3) is 0 Å². The van der Waals surface area contributed by atoms with Crippen LogP contribution in [0.25, 0.3) is 0 Å². The lowest BCUT2D eigenvalue weighted by atomic mass is 10.0. The molecule has 0 unspecified atom stereocenters. The monoisotopic (exact) mass is 284 g/mol. The third-order valence-electron chi connectivity index (χ3n) is 3.48. The Hall–Kier alpha value is -1.14. The van der Waals surface area contributed by atoms with E-state index in [0.717, 1.165) is 32.5 Å². The molecule has 1 aromatic rings. The topological polar surface area (TPSA) is 57.2 Å². The second-order valence-electron chi connectivity index (χ2n) is 4.90. The summed E-state index contributed by atoms with van der Waals surface area (Å²) >= 11 is 5.95. The summed E-state index contributed by atoms with van der Waals surface area (Å²) in [6, 6.07) is 0.462. The average Bonchev–Trinajstić information content (AvgIpc) is 2.38. The first kappa shape index (κ1) is 14.3. The van der Waals surface area contributed by atoms with Crippen molar-refractivity contribution in [2.24, 2.45) is 0 Å². The molecule has 1 N–H and O–H groups in total. The van der Waals surface area contributed by atoms with Crippen molar-refractivity contribution in [1.82, 2.24) is 19.9 Å². The lowest BCUT2D eigenvalue weighted by molar-refractivity contribution is 0.252. The molecule has 106 valence electrons. The standard InChI is InChI=1S/C12H21ClN6/c1-4-14-11-15-10(13)16-12(17-11)19(3)9-5-7-18(2)8-6-9/h9H,4-8H2,1-3H3,(H,14,15,16,17). The van der Waals surface area contributed by atoms with E-state index >= 15 is 0 Å². The fraction of sp³-hybridized carbons (Fsp3) is 0.750. The van der Waals surface area contributed by atoms with Gasteiger partial charge in [0.05, 0.1) is 0 Å². The Kier molecular flexibility index (Phi) is 4.76. The van der Waals surface area contributed by atoms with E-state index < -0.39 is 0 Å². The first-order chi connectivity index (χ1) is 9.10. The molecular weight excluding hydrogens is 264 g/mol. The van der Waals surface area contributed by atoms with E-state index in [1.54, 1.807) is 0 Å². The highest BCUT2D eigenvalue weighted by Crippen LogP contribution is 2.20. The highest BCUT2D eigenvalue weighted by molar-refractivity contribution is 6.28. The number of halogens is 1. The number of rotatable bonds is 4. The fourth-order valence-electron chi connectivity index (χ4n) is 2.28. The zero-order valence-electron chi connectivity index (χ0n) is 11.7. The molecule has 0 spiro atoms. The molecule has 0 radical (unpaired) electrons. The van der Waals surface area contributed by atoms with Crippen LogP contribution in [0, 0.1) is 0 Å². The summed E-state index contributed by atoms with van der Waals surface area (Å²) in [5.41, 5.74) is 0. The third-order valence-corrected chi connectivity index (χ3v) is 3.65. The summed E-state index contributed by atoms with van der Waals surface area (Å²) < 4.78 is 0. The zero-order valence-corrected chi connectivity index (χ0v) is 12.5. The predicted octanol–water partition coefficient (Wildman–Crippen LogP) is 1.49. The number of hydrogen-bond acceptors (Lipinski definition) is 6. The van der Waals surface area contributed by atoms with Crippen LogP contribution < -0.4 is 10.2 Å². The molecule has 0 amide bonds. The third kappa shape index (κ3) is 3.67. The van der Waals surface area contributed by atoms with Crippen LogP contribution in [-0.2, 0) is 0 Å². The van der Waals surface area contributed by atoms with Crippen molar-refractivity contribution < 1.29 is 0 Å². The summed E-state index contributed by atoms with van der Waals surface area (Å²) in [5.74, 6) is 1.18. The van der Waals surface area contributed by atoms with Gasteiger partial charge >= 0.3 is 0 Å². The van der Waals surface area contributed by atoms with E-state index in [4.69, 9.17) is 11.6 Å². The van der Waals surface area contributed by atoms with Gasteiger partial charge in [-0.2, -0.15) is 15.0 Å². The predicted molar refractivity (Wildman–Crippen MR) is 77.9 cm³/mol. The van der Waals surface area contributed by atoms with E-state index in [1.165, 1.54) is 0 Å². The number of hydrogen-bond donors (Lipinski definition) is 1. The quantitative estimate of drug-likeness (QED) is 0.904. The normalized spacial score (nSPS) is 17.5. The molecule has 0 aromatic carbocycles. The van der Waals surface area contributed by atoms with Crippen molar-refractivity contribution in [3.05, 3.63) is 5.28 Å². The highest BCUT2D eigenvalue weighted by Gasteiger charge is 2.23. The Morgan fingerprint density at radius 1 is 1.32 bits per heavy atom. The summed E-state index contributed by atoms with van der Waals surface area (Å²) in [4.78, 5) is 17.2. The number of piperidine rings is 1. The van der Waals surface area contributed by atoms with Gasteiger partial charge < -0.3 is 15.1 Å². The maximum atomic E-state index is 5.95. The Morgan fingerprint density at radius 2 is 2.00 bits per heavy atom. The lowest BCUT2D eigenvalue weighted by Gasteiger charge is -2.35. The van der Waals surface area contributed by atoms with Crippen molar-refractivity contribution >= 4 is 23.5 Å². The van der Waals surface area contributed by atoms with Gasteiger partial charge in [0.2, 0.25) is 17.2 Å². The molecule has 0 saturated carbocycles. The molecule has 2 heterocycles. The van der Waals surface area contributed by atoms with Crippen LogP contribution in [0.4, 0.5) is 11.9 Å². The zero-order chi connectivity index (χ0) is 13.8. The Balaban J connectivity index is 2.11. The van der Waals surface area contributed by atoms with Gasteiger partial charge in [-0.05, 0) is 51.5 Å². The average molecular weight is 285 g/mol. The van der Waals surface area contributed by atoms with E-state index in [0.29, 0.717) is 17.9 Å². The molecule has 1 fully saturated rings. The van der Waals surface area contributed by atoms with Crippen molar-refractivity contribution in [2.75, 3.05) is 43.9 Å².